The van der Waals surface area contributed by atoms with E-state index in [1.165, 1.54) is 11.5 Å². The zero-order chi connectivity index (χ0) is 14.4. The van der Waals surface area contributed by atoms with Crippen molar-refractivity contribution < 1.29 is 14.8 Å². The minimum absolute atomic E-state index is 0.423. The van der Waals surface area contributed by atoms with Crippen LogP contribution in [0.5, 0.6) is 5.75 Å². The molecule has 0 bridgehead atoms. The molecule has 0 radical (unpaired) electrons. The van der Waals surface area contributed by atoms with Gasteiger partial charge in [-0.1, -0.05) is 30.8 Å². The van der Waals surface area contributed by atoms with E-state index in [4.69, 9.17) is 14.8 Å². The normalized spacial score (nSPS) is 10.6. The number of ether oxygens (including phenoxy) is 1. The lowest BCUT2D eigenvalue weighted by molar-refractivity contribution is 0.344. The highest BCUT2D eigenvalue weighted by Crippen LogP contribution is 2.20. The van der Waals surface area contributed by atoms with Crippen LogP contribution in [0, 0.1) is 0 Å². The third kappa shape index (κ3) is 4.48. The molecule has 0 fully saturated rings. The lowest BCUT2D eigenvalue weighted by Gasteiger charge is -2.06. The van der Waals surface area contributed by atoms with Gasteiger partial charge in [-0.3, -0.25) is 0 Å². The molecule has 5 nitrogen and oxygen atoms in total. The molecule has 0 unspecified atom stereocenters. The molecule has 2 aromatic rings. The van der Waals surface area contributed by atoms with Gasteiger partial charge in [-0.05, 0) is 29.1 Å². The van der Waals surface area contributed by atoms with Gasteiger partial charge in [-0.25, -0.2) is 4.98 Å². The van der Waals surface area contributed by atoms with Crippen LogP contribution in [-0.2, 0) is 6.42 Å². The number of thioether (sulfide) groups is 1. The van der Waals surface area contributed by atoms with E-state index in [1.807, 2.05) is 6.92 Å². The number of aryl methyl sites for hydroxylation is 1. The molecule has 0 amide bonds. The van der Waals surface area contributed by atoms with Crippen LogP contribution in [0.1, 0.15) is 12.7 Å². The van der Waals surface area contributed by atoms with E-state index in [0.717, 1.165) is 22.3 Å². The highest BCUT2D eigenvalue weighted by Gasteiger charge is 2.11. The molecule has 1 heterocycles. The van der Waals surface area contributed by atoms with Gasteiger partial charge in [-0.2, -0.15) is 4.37 Å². The van der Waals surface area contributed by atoms with Crippen LogP contribution in [0.25, 0.3) is 0 Å². The maximum atomic E-state index is 9.08. The quantitative estimate of drug-likeness (QED) is 0.450. The Bertz CT molecular complexity index is 551. The Morgan fingerprint density at radius 2 is 2.25 bits per heavy atom. The summed E-state index contributed by atoms with van der Waals surface area (Å²) in [5.74, 6) is 2.27. The van der Waals surface area contributed by atoms with Gasteiger partial charge in [0.25, 0.3) is 0 Å². The van der Waals surface area contributed by atoms with Gasteiger partial charge in [0.2, 0.25) is 0 Å². The van der Waals surface area contributed by atoms with Crippen molar-refractivity contribution in [2.24, 2.45) is 0 Å². The predicted octanol–water partition coefficient (Wildman–Crippen LogP) is 0.951. The summed E-state index contributed by atoms with van der Waals surface area (Å²) in [5.41, 5.74) is 0.423. The summed E-state index contributed by atoms with van der Waals surface area (Å²) in [7, 11) is -1.47. The summed E-state index contributed by atoms with van der Waals surface area (Å²) in [6.45, 7) is 2.55. The average molecular weight is 310 g/mol. The molecule has 0 aliphatic heterocycles. The van der Waals surface area contributed by atoms with Gasteiger partial charge >= 0.3 is 7.12 Å². The van der Waals surface area contributed by atoms with Crippen LogP contribution in [0.2, 0.25) is 0 Å². The number of hydrogen-bond donors (Lipinski definition) is 2. The van der Waals surface area contributed by atoms with Gasteiger partial charge in [0.1, 0.15) is 11.6 Å². The van der Waals surface area contributed by atoms with E-state index in [2.05, 4.69) is 9.36 Å². The van der Waals surface area contributed by atoms with E-state index < -0.39 is 7.12 Å². The smallest absolute Gasteiger partial charge is 0.488 e. The Hall–Kier alpha value is -1.09. The fraction of sp³-hybridized carbons (Fsp3) is 0.333. The van der Waals surface area contributed by atoms with Gasteiger partial charge in [0, 0.05) is 12.2 Å². The number of rotatable bonds is 7. The van der Waals surface area contributed by atoms with E-state index in [-0.39, 0.29) is 0 Å². The van der Waals surface area contributed by atoms with Crippen molar-refractivity contribution in [1.82, 2.24) is 9.36 Å². The second-order valence-electron chi connectivity index (χ2n) is 3.97. The number of benzene rings is 1. The van der Waals surface area contributed by atoms with Gasteiger partial charge < -0.3 is 14.8 Å². The third-order valence-corrected chi connectivity index (χ3v) is 4.34. The van der Waals surface area contributed by atoms with Crippen LogP contribution < -0.4 is 10.2 Å². The second kappa shape index (κ2) is 7.63. The number of aromatic nitrogens is 2. The summed E-state index contributed by atoms with van der Waals surface area (Å²) in [6, 6.07) is 6.78. The molecular formula is C12H15BN2O3S2. The number of hydrogen-bond acceptors (Lipinski definition) is 7. The van der Waals surface area contributed by atoms with E-state index in [0.29, 0.717) is 17.8 Å². The van der Waals surface area contributed by atoms with Crippen LogP contribution in [0.3, 0.4) is 0 Å². The topological polar surface area (TPSA) is 75.5 Å². The maximum absolute atomic E-state index is 9.08. The summed E-state index contributed by atoms with van der Waals surface area (Å²) >= 11 is 3.01. The SMILES string of the molecule is CCc1nsc(SCCOc2cccc(B(O)O)c2)n1. The molecular weight excluding hydrogens is 295 g/mol. The molecule has 0 atom stereocenters. The van der Waals surface area contributed by atoms with E-state index in [9.17, 15) is 0 Å². The highest BCUT2D eigenvalue weighted by molar-refractivity contribution is 8.00. The monoisotopic (exact) mass is 310 g/mol. The Morgan fingerprint density at radius 3 is 2.95 bits per heavy atom. The zero-order valence-electron chi connectivity index (χ0n) is 11.0. The molecule has 0 saturated carbocycles. The fourth-order valence-electron chi connectivity index (χ4n) is 1.49. The highest BCUT2D eigenvalue weighted by atomic mass is 32.2. The molecule has 2 rings (SSSR count). The minimum atomic E-state index is -1.47. The van der Waals surface area contributed by atoms with Gasteiger partial charge in [0.05, 0.1) is 6.61 Å². The molecule has 0 aliphatic rings. The first-order valence-electron chi connectivity index (χ1n) is 6.23. The van der Waals surface area contributed by atoms with Crippen molar-refractivity contribution in [2.75, 3.05) is 12.4 Å². The molecule has 8 heteroatoms. The van der Waals surface area contributed by atoms with Crippen LogP contribution in [-0.4, -0.2) is 38.9 Å². The summed E-state index contributed by atoms with van der Waals surface area (Å²) in [5, 5.41) is 18.2. The van der Waals surface area contributed by atoms with E-state index >= 15 is 0 Å². The standard InChI is InChI=1S/C12H15BN2O3S2/c1-2-11-14-12(20-15-11)19-7-6-18-10-5-3-4-9(8-10)13(16)17/h3-5,8,16-17H,2,6-7H2,1H3. The van der Waals surface area contributed by atoms with Crippen molar-refractivity contribution in [1.29, 1.82) is 0 Å². The Balaban J connectivity index is 1.77. The molecule has 1 aromatic carbocycles. The van der Waals surface area contributed by atoms with Crippen molar-refractivity contribution >= 4 is 35.9 Å². The molecule has 0 spiro atoms. The molecule has 1 aromatic heterocycles. The summed E-state index contributed by atoms with van der Waals surface area (Å²) in [6.07, 6.45) is 0.851. The van der Waals surface area contributed by atoms with Crippen molar-refractivity contribution in [3.8, 4) is 5.75 Å². The van der Waals surface area contributed by atoms with Gasteiger partial charge in [0.15, 0.2) is 4.34 Å². The predicted molar refractivity (Wildman–Crippen MR) is 81.8 cm³/mol. The van der Waals surface area contributed by atoms with Gasteiger partial charge in [-0.15, -0.1) is 0 Å². The zero-order valence-corrected chi connectivity index (χ0v) is 12.7. The number of nitrogens with zero attached hydrogens (tertiary/aromatic N) is 2. The Kier molecular flexibility index (Phi) is 5.84. The van der Waals surface area contributed by atoms with Crippen molar-refractivity contribution in [3.63, 3.8) is 0 Å². The first kappa shape index (κ1) is 15.3. The summed E-state index contributed by atoms with van der Waals surface area (Å²) < 4.78 is 10.7. The third-order valence-electron chi connectivity index (χ3n) is 2.50. The minimum Gasteiger partial charge on any atom is -0.493 e. The molecule has 0 aliphatic carbocycles. The van der Waals surface area contributed by atoms with Crippen LogP contribution >= 0.6 is 23.3 Å². The maximum Gasteiger partial charge on any atom is 0.488 e. The Labute approximate surface area is 126 Å². The molecule has 2 N–H and O–H groups in total. The van der Waals surface area contributed by atoms with Crippen molar-refractivity contribution in [2.45, 2.75) is 17.7 Å². The van der Waals surface area contributed by atoms with Crippen LogP contribution in [0.4, 0.5) is 0 Å². The van der Waals surface area contributed by atoms with Crippen LogP contribution in [0.15, 0.2) is 28.6 Å². The average Bonchev–Trinajstić information content (AvgIpc) is 2.92. The second-order valence-corrected chi connectivity index (χ2v) is 6.07. The van der Waals surface area contributed by atoms with E-state index in [1.54, 1.807) is 36.0 Å². The fourth-order valence-corrected chi connectivity index (χ4v) is 3.08. The molecule has 106 valence electrons. The Morgan fingerprint density at radius 1 is 1.40 bits per heavy atom. The van der Waals surface area contributed by atoms with Crippen molar-refractivity contribution in [3.05, 3.63) is 30.1 Å². The lowest BCUT2D eigenvalue weighted by atomic mass is 9.80. The lowest BCUT2D eigenvalue weighted by Crippen LogP contribution is -2.29. The first-order valence-corrected chi connectivity index (χ1v) is 7.99. The summed E-state index contributed by atoms with van der Waals surface area (Å²) in [4.78, 5) is 4.36. The first-order chi connectivity index (χ1) is 9.69. The molecule has 20 heavy (non-hydrogen) atoms. The largest absolute Gasteiger partial charge is 0.493 e. The molecule has 0 saturated heterocycles.